The van der Waals surface area contributed by atoms with Crippen LogP contribution < -0.4 is 5.73 Å². The molecule has 0 bridgehead atoms. The third-order valence-corrected chi connectivity index (χ3v) is 2.11. The van der Waals surface area contributed by atoms with Crippen LogP contribution in [0, 0.1) is 4.77 Å². The van der Waals surface area contributed by atoms with Gasteiger partial charge in [0.15, 0.2) is 4.77 Å². The van der Waals surface area contributed by atoms with E-state index in [0.717, 1.165) is 11.1 Å². The smallest absolute Gasteiger partial charge is 0.198 e. The Balaban J connectivity index is 2.30. The van der Waals surface area contributed by atoms with Crippen LogP contribution >= 0.6 is 12.2 Å². The van der Waals surface area contributed by atoms with E-state index in [0.29, 0.717) is 17.0 Å². The first-order chi connectivity index (χ1) is 6.75. The third-order valence-electron chi connectivity index (χ3n) is 1.90. The second kappa shape index (κ2) is 3.63. The average Bonchev–Trinajstić information content (AvgIpc) is 2.62. The highest BCUT2D eigenvalue weighted by Crippen LogP contribution is 2.13. The number of nitrogens with zero attached hydrogens (tertiary/aromatic N) is 1. The highest BCUT2D eigenvalue weighted by molar-refractivity contribution is 7.71. The normalized spacial score (nSPS) is 10.3. The van der Waals surface area contributed by atoms with E-state index in [2.05, 4.69) is 9.97 Å². The number of hydrogen-bond donors (Lipinski definition) is 2. The van der Waals surface area contributed by atoms with Gasteiger partial charge in [-0.1, -0.05) is 0 Å². The molecule has 0 unspecified atom stereocenters. The number of anilines is 1. The van der Waals surface area contributed by atoms with Gasteiger partial charge >= 0.3 is 0 Å². The Morgan fingerprint density at radius 1 is 1.57 bits per heavy atom. The molecule has 0 saturated carbocycles. The molecule has 2 aromatic rings. The predicted molar refractivity (Wildman–Crippen MR) is 55.3 cm³/mol. The van der Waals surface area contributed by atoms with Crippen LogP contribution in [0.3, 0.4) is 0 Å². The largest absolute Gasteiger partial charge is 0.472 e. The number of hydrogen-bond acceptors (Lipinski definition) is 4. The molecule has 4 nitrogen and oxygen atoms in total. The number of nitrogen functional groups attached to an aromatic ring is 1. The molecular weight excluding hydrogens is 198 g/mol. The predicted octanol–water partition coefficient (Wildman–Crippen LogP) is 1.91. The van der Waals surface area contributed by atoms with Crippen LogP contribution in [-0.4, -0.2) is 9.97 Å². The van der Waals surface area contributed by atoms with Crippen molar-refractivity contribution < 1.29 is 4.42 Å². The number of H-pyrrole nitrogens is 1. The zero-order chi connectivity index (χ0) is 9.97. The van der Waals surface area contributed by atoms with E-state index in [1.54, 1.807) is 18.7 Å². The molecular formula is C9H9N3OS. The Morgan fingerprint density at radius 3 is 3.07 bits per heavy atom. The van der Waals surface area contributed by atoms with E-state index in [-0.39, 0.29) is 0 Å². The summed E-state index contributed by atoms with van der Waals surface area (Å²) in [4.78, 5) is 6.77. The third kappa shape index (κ3) is 1.82. The van der Waals surface area contributed by atoms with Gasteiger partial charge in [-0.25, -0.2) is 4.98 Å². The summed E-state index contributed by atoms with van der Waals surface area (Å²) in [5, 5.41) is 0. The molecule has 0 aliphatic rings. The number of aromatic amines is 1. The first kappa shape index (κ1) is 8.96. The zero-order valence-corrected chi connectivity index (χ0v) is 8.17. The Labute approximate surface area is 85.8 Å². The van der Waals surface area contributed by atoms with Crippen molar-refractivity contribution in [2.45, 2.75) is 6.42 Å². The summed E-state index contributed by atoms with van der Waals surface area (Å²) in [5.41, 5.74) is 7.72. The molecule has 0 amide bonds. The monoisotopic (exact) mass is 207 g/mol. The van der Waals surface area contributed by atoms with Gasteiger partial charge in [0.1, 0.15) is 5.82 Å². The van der Waals surface area contributed by atoms with Gasteiger partial charge < -0.3 is 15.1 Å². The van der Waals surface area contributed by atoms with E-state index < -0.39 is 0 Å². The maximum Gasteiger partial charge on any atom is 0.198 e. The van der Waals surface area contributed by atoms with Crippen molar-refractivity contribution in [1.82, 2.24) is 9.97 Å². The van der Waals surface area contributed by atoms with E-state index >= 15 is 0 Å². The van der Waals surface area contributed by atoms with Crippen LogP contribution in [-0.2, 0) is 6.42 Å². The molecule has 72 valence electrons. The Morgan fingerprint density at radius 2 is 2.43 bits per heavy atom. The van der Waals surface area contributed by atoms with Gasteiger partial charge in [-0.2, -0.15) is 0 Å². The van der Waals surface area contributed by atoms with Gasteiger partial charge in [-0.15, -0.1) is 0 Å². The van der Waals surface area contributed by atoms with Crippen LogP contribution in [0.4, 0.5) is 5.82 Å². The molecule has 2 heterocycles. The number of aromatic nitrogens is 2. The van der Waals surface area contributed by atoms with E-state index in [1.165, 1.54) is 0 Å². The van der Waals surface area contributed by atoms with E-state index in [1.807, 2.05) is 6.07 Å². The van der Waals surface area contributed by atoms with Crippen molar-refractivity contribution in [2.24, 2.45) is 0 Å². The van der Waals surface area contributed by atoms with Crippen molar-refractivity contribution in [1.29, 1.82) is 0 Å². The highest BCUT2D eigenvalue weighted by Gasteiger charge is 2.02. The topological polar surface area (TPSA) is 67.8 Å². The second-order valence-electron chi connectivity index (χ2n) is 2.94. The molecule has 0 spiro atoms. The van der Waals surface area contributed by atoms with Crippen LogP contribution in [0.15, 0.2) is 29.2 Å². The lowest BCUT2D eigenvalue weighted by molar-refractivity contribution is 0.564. The molecule has 0 radical (unpaired) electrons. The van der Waals surface area contributed by atoms with Gasteiger partial charge in [-0.05, 0) is 23.8 Å². The van der Waals surface area contributed by atoms with Crippen molar-refractivity contribution >= 4 is 18.0 Å². The van der Waals surface area contributed by atoms with E-state index in [9.17, 15) is 0 Å². The fraction of sp³-hybridized carbons (Fsp3) is 0.111. The molecule has 5 heteroatoms. The number of nitrogens with two attached hydrogens (primary N) is 1. The molecule has 0 aliphatic heterocycles. The van der Waals surface area contributed by atoms with Crippen molar-refractivity contribution in [2.75, 3.05) is 5.73 Å². The van der Waals surface area contributed by atoms with Gasteiger partial charge in [0.25, 0.3) is 0 Å². The van der Waals surface area contributed by atoms with Crippen LogP contribution in [0.1, 0.15) is 11.1 Å². The summed E-state index contributed by atoms with van der Waals surface area (Å²) in [7, 11) is 0. The second-order valence-corrected chi connectivity index (χ2v) is 3.32. The summed E-state index contributed by atoms with van der Waals surface area (Å²) in [6.07, 6.45) is 5.69. The van der Waals surface area contributed by atoms with Gasteiger partial charge in [0, 0.05) is 18.2 Å². The Bertz CT molecular complexity index is 475. The lowest BCUT2D eigenvalue weighted by Crippen LogP contribution is -1.99. The molecule has 0 saturated heterocycles. The van der Waals surface area contributed by atoms with Gasteiger partial charge in [0.2, 0.25) is 0 Å². The zero-order valence-electron chi connectivity index (χ0n) is 7.36. The Kier molecular flexibility index (Phi) is 2.32. The molecule has 14 heavy (non-hydrogen) atoms. The number of furan rings is 1. The van der Waals surface area contributed by atoms with Crippen LogP contribution in [0.25, 0.3) is 0 Å². The Hall–Kier alpha value is -1.62. The minimum absolute atomic E-state index is 0.401. The molecule has 0 fully saturated rings. The molecule has 0 aliphatic carbocycles. The number of rotatable bonds is 2. The summed E-state index contributed by atoms with van der Waals surface area (Å²) >= 11 is 4.84. The van der Waals surface area contributed by atoms with Crippen LogP contribution in [0.5, 0.6) is 0 Å². The van der Waals surface area contributed by atoms with E-state index in [4.69, 9.17) is 22.4 Å². The minimum Gasteiger partial charge on any atom is -0.472 e. The highest BCUT2D eigenvalue weighted by atomic mass is 32.1. The van der Waals surface area contributed by atoms with Crippen molar-refractivity contribution in [3.63, 3.8) is 0 Å². The summed E-state index contributed by atoms with van der Waals surface area (Å²) in [6, 6.07) is 1.89. The summed E-state index contributed by atoms with van der Waals surface area (Å²) < 4.78 is 5.36. The fourth-order valence-corrected chi connectivity index (χ4v) is 1.35. The molecule has 0 aromatic carbocycles. The molecule has 2 aromatic heterocycles. The molecule has 3 N–H and O–H groups in total. The first-order valence-corrected chi connectivity index (χ1v) is 4.51. The fourth-order valence-electron chi connectivity index (χ4n) is 1.19. The lowest BCUT2D eigenvalue weighted by atomic mass is 10.1. The average molecular weight is 207 g/mol. The standard InChI is InChI=1S/C9H9N3OS/c10-8-7(4-11-9(14)12-8)3-6-1-2-13-5-6/h1-2,4-5H,3H2,(H3,10,11,12,14). The lowest BCUT2D eigenvalue weighted by Gasteiger charge is -2.01. The maximum absolute atomic E-state index is 5.75. The molecule has 0 atom stereocenters. The summed E-state index contributed by atoms with van der Waals surface area (Å²) in [5.74, 6) is 0.561. The minimum atomic E-state index is 0.401. The number of nitrogens with one attached hydrogen (secondary N) is 1. The first-order valence-electron chi connectivity index (χ1n) is 4.10. The van der Waals surface area contributed by atoms with Gasteiger partial charge in [-0.3, -0.25) is 0 Å². The van der Waals surface area contributed by atoms with Crippen molar-refractivity contribution in [3.05, 3.63) is 40.7 Å². The van der Waals surface area contributed by atoms with Crippen LogP contribution in [0.2, 0.25) is 0 Å². The maximum atomic E-state index is 5.75. The van der Waals surface area contributed by atoms with Crippen molar-refractivity contribution in [3.8, 4) is 0 Å². The van der Waals surface area contributed by atoms with Gasteiger partial charge in [0.05, 0.1) is 12.5 Å². The quantitative estimate of drug-likeness (QED) is 0.738. The SMILES string of the molecule is Nc1[nH]c(=S)ncc1Cc1ccoc1. The molecule has 2 rings (SSSR count). The summed E-state index contributed by atoms with van der Waals surface area (Å²) in [6.45, 7) is 0.